The van der Waals surface area contributed by atoms with Crippen molar-refractivity contribution in [3.63, 3.8) is 0 Å². The minimum Gasteiger partial charge on any atom is -0.494 e. The van der Waals surface area contributed by atoms with Gasteiger partial charge in [-0.25, -0.2) is 19.6 Å². The van der Waals surface area contributed by atoms with Crippen LogP contribution in [0.25, 0.3) is 44.8 Å². The lowest BCUT2D eigenvalue weighted by Gasteiger charge is -2.17. The molecule has 4 aromatic carbocycles. The van der Waals surface area contributed by atoms with Gasteiger partial charge in [0, 0.05) is 30.6 Å². The number of hydrogen-bond acceptors (Lipinski definition) is 12. The smallest absolute Gasteiger partial charge is 0.338 e. The number of primary amides is 2. The number of methoxy groups -OCH3 is 4. The third kappa shape index (κ3) is 6.36. The van der Waals surface area contributed by atoms with Gasteiger partial charge in [-0.15, -0.1) is 0 Å². The number of fused-ring (bicyclic) bond motifs is 9. The van der Waals surface area contributed by atoms with E-state index in [1.54, 1.807) is 60.7 Å². The third-order valence-electron chi connectivity index (χ3n) is 9.34. The summed E-state index contributed by atoms with van der Waals surface area (Å²) >= 11 is 0. The second-order valence-electron chi connectivity index (χ2n) is 12.4. The Balaban J connectivity index is 1.54. The first-order chi connectivity index (χ1) is 26.6. The molecular formula is C39H36N6O10. The highest BCUT2D eigenvalue weighted by Gasteiger charge is 2.27. The van der Waals surface area contributed by atoms with E-state index in [2.05, 4.69) is 0 Å². The highest BCUT2D eigenvalue weighted by atomic mass is 16.5. The molecule has 2 amide bonds. The maximum atomic E-state index is 13.3. The zero-order chi connectivity index (χ0) is 39.0. The number of esters is 2. The lowest BCUT2D eigenvalue weighted by molar-refractivity contribution is 0.0592. The molecule has 0 fully saturated rings. The van der Waals surface area contributed by atoms with Crippen LogP contribution in [0.15, 0.2) is 60.7 Å². The van der Waals surface area contributed by atoms with E-state index in [1.165, 1.54) is 28.4 Å². The van der Waals surface area contributed by atoms with Gasteiger partial charge in [0.2, 0.25) is 0 Å². The number of aromatic nitrogens is 4. The first-order valence-electron chi connectivity index (χ1n) is 17.0. The Morgan fingerprint density at radius 2 is 1.07 bits per heavy atom. The number of imidazole rings is 2. The van der Waals surface area contributed by atoms with Crippen molar-refractivity contribution in [3.05, 3.63) is 82.9 Å². The van der Waals surface area contributed by atoms with Gasteiger partial charge in [-0.05, 0) is 60.7 Å². The molecule has 282 valence electrons. The van der Waals surface area contributed by atoms with Gasteiger partial charge >= 0.3 is 11.9 Å². The molecule has 6 aromatic rings. The van der Waals surface area contributed by atoms with Crippen LogP contribution in [0.1, 0.15) is 47.9 Å². The summed E-state index contributed by atoms with van der Waals surface area (Å²) in [6.45, 7) is 0.844. The average molecular weight is 749 g/mol. The van der Waals surface area contributed by atoms with Crippen molar-refractivity contribution in [2.24, 2.45) is 11.5 Å². The molecule has 55 heavy (non-hydrogen) atoms. The van der Waals surface area contributed by atoms with Crippen molar-refractivity contribution in [3.8, 4) is 45.8 Å². The van der Waals surface area contributed by atoms with Crippen molar-refractivity contribution in [1.82, 2.24) is 19.1 Å². The molecule has 4 bridgehead atoms. The highest BCUT2D eigenvalue weighted by molar-refractivity contribution is 6.04. The predicted octanol–water partition coefficient (Wildman–Crippen LogP) is 4.37. The Morgan fingerprint density at radius 1 is 0.600 bits per heavy atom. The van der Waals surface area contributed by atoms with E-state index >= 15 is 0 Å². The van der Waals surface area contributed by atoms with Gasteiger partial charge < -0.3 is 49.0 Å². The van der Waals surface area contributed by atoms with E-state index in [1.807, 2.05) is 9.13 Å². The van der Waals surface area contributed by atoms with Gasteiger partial charge in [0.1, 0.15) is 34.2 Å². The molecule has 0 spiro atoms. The number of carbonyl (C=O) groups excluding carboxylic acids is 4. The van der Waals surface area contributed by atoms with E-state index < -0.39 is 23.8 Å². The molecule has 0 saturated heterocycles. The van der Waals surface area contributed by atoms with Crippen LogP contribution in [0.2, 0.25) is 0 Å². The van der Waals surface area contributed by atoms with Crippen LogP contribution in [0.5, 0.6) is 23.0 Å². The van der Waals surface area contributed by atoms with Crippen molar-refractivity contribution in [2.75, 3.05) is 41.7 Å². The first kappa shape index (κ1) is 36.3. The van der Waals surface area contributed by atoms with Gasteiger partial charge in [-0.2, -0.15) is 0 Å². The van der Waals surface area contributed by atoms with Crippen molar-refractivity contribution < 1.29 is 47.6 Å². The van der Waals surface area contributed by atoms with Crippen LogP contribution in [0, 0.1) is 0 Å². The molecule has 0 atom stereocenters. The van der Waals surface area contributed by atoms with Crippen LogP contribution in [-0.4, -0.2) is 84.5 Å². The predicted molar refractivity (Wildman–Crippen MR) is 199 cm³/mol. The monoisotopic (exact) mass is 748 g/mol. The largest absolute Gasteiger partial charge is 0.494 e. The van der Waals surface area contributed by atoms with Crippen LogP contribution in [0.3, 0.4) is 0 Å². The average Bonchev–Trinajstić information content (AvgIpc) is 3.76. The molecule has 4 heterocycles. The number of hydrogen-bond donors (Lipinski definition) is 2. The number of amides is 2. The number of aryl methyl sites for hydroxylation is 2. The lowest BCUT2D eigenvalue weighted by atomic mass is 10.1. The summed E-state index contributed by atoms with van der Waals surface area (Å²) in [5.41, 5.74) is 14.6. The molecular weight excluding hydrogens is 712 g/mol. The van der Waals surface area contributed by atoms with Gasteiger partial charge in [0.25, 0.3) is 11.8 Å². The number of carbonyl (C=O) groups is 4. The molecule has 2 aromatic heterocycles. The zero-order valence-corrected chi connectivity index (χ0v) is 30.3. The summed E-state index contributed by atoms with van der Waals surface area (Å²) in [6.07, 6.45) is 0.465. The molecule has 8 rings (SSSR count). The Bertz CT molecular complexity index is 2540. The maximum Gasteiger partial charge on any atom is 0.338 e. The second kappa shape index (κ2) is 14.7. The van der Waals surface area contributed by atoms with Crippen molar-refractivity contribution in [1.29, 1.82) is 0 Å². The summed E-state index contributed by atoms with van der Waals surface area (Å²) in [7, 11) is 5.38. The van der Waals surface area contributed by atoms with Gasteiger partial charge in [-0.1, -0.05) is 0 Å². The Hall–Kier alpha value is -7.10. The second-order valence-corrected chi connectivity index (χ2v) is 12.4. The summed E-state index contributed by atoms with van der Waals surface area (Å²) in [6, 6.07) is 16.5. The number of nitrogens with zero attached hydrogens (tertiary/aromatic N) is 4. The fraction of sp³-hybridized carbons (Fsp3) is 0.231. The number of benzene rings is 4. The fourth-order valence-corrected chi connectivity index (χ4v) is 6.81. The normalized spacial score (nSPS) is 12.7. The minimum atomic E-state index is -0.715. The molecule has 4 N–H and O–H groups in total. The van der Waals surface area contributed by atoms with E-state index in [4.69, 9.17) is 49.9 Å². The third-order valence-corrected chi connectivity index (χ3v) is 9.34. The van der Waals surface area contributed by atoms with Crippen LogP contribution >= 0.6 is 0 Å². The van der Waals surface area contributed by atoms with Gasteiger partial charge in [0.15, 0.2) is 11.5 Å². The molecule has 0 saturated carbocycles. The Labute approximate surface area is 313 Å². The maximum absolute atomic E-state index is 13.3. The molecule has 16 heteroatoms. The number of nitrogens with two attached hydrogens (primary N) is 2. The molecule has 2 aliphatic rings. The molecule has 0 radical (unpaired) electrons. The molecule has 0 unspecified atom stereocenters. The van der Waals surface area contributed by atoms with E-state index in [9.17, 15) is 19.2 Å². The Morgan fingerprint density at radius 3 is 1.58 bits per heavy atom. The fourth-order valence-electron chi connectivity index (χ4n) is 6.81. The van der Waals surface area contributed by atoms with E-state index in [0.29, 0.717) is 62.8 Å². The highest BCUT2D eigenvalue weighted by Crippen LogP contribution is 2.39. The van der Waals surface area contributed by atoms with Gasteiger partial charge in [-0.3, -0.25) is 9.59 Å². The Kier molecular flexibility index (Phi) is 9.71. The first-order valence-corrected chi connectivity index (χ1v) is 17.0. The summed E-state index contributed by atoms with van der Waals surface area (Å²) in [5, 5.41) is 0. The van der Waals surface area contributed by atoms with Crippen LogP contribution in [0.4, 0.5) is 0 Å². The standard InChI is InChI=1S/C39H36N6O10/c1-50-32-24(34(40)46)10-12-28-30(32)42-36-22-8-6-21(19-27(22)39(49)53-4)55-17-5-16-54-20-7-9-23(38(48)52-3)26(18-20)37-43-31-29(45(37)15-14-44(28)36)13-11-25(35(41)47)33(31)51-2/h6-13,18-19H,5,14-17H2,1-4H3,(H2,40,46)(H2,41,47). The lowest BCUT2D eigenvalue weighted by Crippen LogP contribution is -2.14. The number of rotatable bonds is 6. The van der Waals surface area contributed by atoms with Crippen LogP contribution in [-0.2, 0) is 22.6 Å². The van der Waals surface area contributed by atoms with Gasteiger partial charge in [0.05, 0.1) is 74.9 Å². The van der Waals surface area contributed by atoms with E-state index in [-0.39, 0.29) is 60.1 Å². The topological polar surface area (TPSA) is 211 Å². The zero-order valence-electron chi connectivity index (χ0n) is 30.3. The number of ether oxygens (including phenoxy) is 6. The van der Waals surface area contributed by atoms with E-state index in [0.717, 1.165) is 0 Å². The minimum absolute atomic E-state index is 0.114. The molecule has 2 aliphatic heterocycles. The quantitative estimate of drug-likeness (QED) is 0.228. The summed E-state index contributed by atoms with van der Waals surface area (Å²) in [4.78, 5) is 61.4. The SMILES string of the molecule is COC(=O)c1cc2ccc1-c1nc3c(OC)c(C(N)=O)ccc3n1CCn1c(nc3c(OC)c(C(N)=O)ccc31)-c1cc(ccc1C(=O)OC)OCCCO2. The summed E-state index contributed by atoms with van der Waals surface area (Å²) in [5.74, 6) is -0.832. The molecule has 0 aliphatic carbocycles. The van der Waals surface area contributed by atoms with Crippen molar-refractivity contribution in [2.45, 2.75) is 19.5 Å². The molecule has 16 nitrogen and oxygen atoms in total. The van der Waals surface area contributed by atoms with Crippen LogP contribution < -0.4 is 30.4 Å². The summed E-state index contributed by atoms with van der Waals surface area (Å²) < 4.78 is 37.5. The van der Waals surface area contributed by atoms with Crippen molar-refractivity contribution >= 4 is 45.8 Å².